The van der Waals surface area contributed by atoms with Crippen molar-refractivity contribution in [1.29, 1.82) is 0 Å². The Kier molecular flexibility index (Phi) is 7.22. The zero-order valence-corrected chi connectivity index (χ0v) is 18.2. The van der Waals surface area contributed by atoms with E-state index in [4.69, 9.17) is 14.2 Å². The summed E-state index contributed by atoms with van der Waals surface area (Å²) in [6.07, 6.45) is 3.05. The summed E-state index contributed by atoms with van der Waals surface area (Å²) < 4.78 is 30.2. The van der Waals surface area contributed by atoms with Crippen molar-refractivity contribution in [2.24, 2.45) is 0 Å². The van der Waals surface area contributed by atoms with Crippen LogP contribution >= 0.6 is 0 Å². The molecule has 176 valence electrons. The number of rotatable bonds is 7. The van der Waals surface area contributed by atoms with Crippen molar-refractivity contribution in [2.45, 2.75) is 25.6 Å². The van der Waals surface area contributed by atoms with Crippen molar-refractivity contribution >= 4 is 12.1 Å². The van der Waals surface area contributed by atoms with Crippen LogP contribution in [-0.2, 0) is 6.61 Å². The highest BCUT2D eigenvalue weighted by atomic mass is 19.1. The normalized spacial score (nSPS) is 13.9. The Balaban J connectivity index is 1.24. The first-order valence-electron chi connectivity index (χ1n) is 10.8. The van der Waals surface area contributed by atoms with Crippen LogP contribution in [-0.4, -0.2) is 46.2 Å². The van der Waals surface area contributed by atoms with Gasteiger partial charge in [0.15, 0.2) is 0 Å². The number of aromatic nitrogens is 1. The summed E-state index contributed by atoms with van der Waals surface area (Å²) in [4.78, 5) is 29.0. The fourth-order valence-electron chi connectivity index (χ4n) is 3.55. The number of piperidine rings is 1. The van der Waals surface area contributed by atoms with E-state index in [0.29, 0.717) is 37.4 Å². The lowest BCUT2D eigenvalue weighted by molar-refractivity contribution is 0.0691. The minimum atomic E-state index is -1.21. The molecule has 1 saturated heterocycles. The molecule has 9 heteroatoms. The zero-order valence-electron chi connectivity index (χ0n) is 18.2. The third-order valence-corrected chi connectivity index (χ3v) is 5.33. The fourth-order valence-corrected chi connectivity index (χ4v) is 3.55. The van der Waals surface area contributed by atoms with Crippen LogP contribution < -0.4 is 14.2 Å². The van der Waals surface area contributed by atoms with Gasteiger partial charge in [-0.25, -0.2) is 14.0 Å². The van der Waals surface area contributed by atoms with Gasteiger partial charge in [-0.15, -0.1) is 0 Å². The molecule has 0 bridgehead atoms. The van der Waals surface area contributed by atoms with Crippen LogP contribution in [0, 0.1) is 5.82 Å². The van der Waals surface area contributed by atoms with E-state index in [1.165, 1.54) is 29.3 Å². The number of ether oxygens (including phenoxy) is 3. The van der Waals surface area contributed by atoms with Gasteiger partial charge in [-0.2, -0.15) is 0 Å². The maximum atomic E-state index is 13.3. The number of nitrogens with zero attached hydrogens (tertiary/aromatic N) is 2. The van der Waals surface area contributed by atoms with Crippen LogP contribution in [0.25, 0.3) is 0 Å². The number of halogens is 1. The Morgan fingerprint density at radius 3 is 2.50 bits per heavy atom. The average molecular weight is 466 g/mol. The largest absolute Gasteiger partial charge is 0.490 e. The highest BCUT2D eigenvalue weighted by Crippen LogP contribution is 2.24. The molecule has 0 aliphatic carbocycles. The number of carbonyl (C=O) groups is 2. The number of aromatic carboxylic acids is 1. The molecule has 1 aromatic heterocycles. The van der Waals surface area contributed by atoms with Crippen LogP contribution in [0.4, 0.5) is 9.18 Å². The molecule has 4 rings (SSSR count). The van der Waals surface area contributed by atoms with E-state index < -0.39 is 12.1 Å². The van der Waals surface area contributed by atoms with Crippen LogP contribution in [0.5, 0.6) is 17.2 Å². The first-order valence-corrected chi connectivity index (χ1v) is 10.8. The van der Waals surface area contributed by atoms with Gasteiger partial charge in [0, 0.05) is 44.4 Å². The molecule has 1 aliphatic heterocycles. The zero-order chi connectivity index (χ0) is 23.9. The van der Waals surface area contributed by atoms with E-state index in [-0.39, 0.29) is 29.8 Å². The van der Waals surface area contributed by atoms with Crippen molar-refractivity contribution in [2.75, 3.05) is 13.1 Å². The van der Waals surface area contributed by atoms with Gasteiger partial charge < -0.3 is 24.2 Å². The molecule has 0 atom stereocenters. The topological polar surface area (TPSA) is 98.2 Å². The Morgan fingerprint density at radius 2 is 1.79 bits per heavy atom. The smallest absolute Gasteiger partial charge is 0.415 e. The first kappa shape index (κ1) is 23.0. The van der Waals surface area contributed by atoms with Gasteiger partial charge in [0.25, 0.3) is 0 Å². The number of carbonyl (C=O) groups excluding carboxylic acids is 1. The molecule has 34 heavy (non-hydrogen) atoms. The van der Waals surface area contributed by atoms with Crippen LogP contribution in [0.3, 0.4) is 0 Å². The van der Waals surface area contributed by atoms with Gasteiger partial charge in [0.05, 0.1) is 0 Å². The molecule has 0 saturated carbocycles. The number of amides is 1. The van der Waals surface area contributed by atoms with Crippen LogP contribution in [0.1, 0.15) is 28.8 Å². The molecule has 2 heterocycles. The molecule has 1 amide bonds. The Morgan fingerprint density at radius 1 is 1.06 bits per heavy atom. The lowest BCUT2D eigenvalue weighted by atomic mass is 10.1. The molecule has 0 unspecified atom stereocenters. The summed E-state index contributed by atoms with van der Waals surface area (Å²) in [5.74, 6) is -0.224. The second-order valence-electron chi connectivity index (χ2n) is 7.74. The highest BCUT2D eigenvalue weighted by molar-refractivity contribution is 5.91. The van der Waals surface area contributed by atoms with E-state index in [1.807, 2.05) is 0 Å². The minimum Gasteiger partial charge on any atom is -0.490 e. The summed E-state index contributed by atoms with van der Waals surface area (Å²) in [6, 6.07) is 14.8. The summed E-state index contributed by atoms with van der Waals surface area (Å²) in [6.45, 7) is 1.11. The van der Waals surface area contributed by atoms with Crippen molar-refractivity contribution in [3.8, 4) is 17.2 Å². The van der Waals surface area contributed by atoms with E-state index in [2.05, 4.69) is 4.98 Å². The van der Waals surface area contributed by atoms with Crippen molar-refractivity contribution in [1.82, 2.24) is 9.88 Å². The van der Waals surface area contributed by atoms with Gasteiger partial charge in [-0.3, -0.25) is 4.98 Å². The van der Waals surface area contributed by atoms with E-state index in [9.17, 15) is 19.1 Å². The van der Waals surface area contributed by atoms with Gasteiger partial charge >= 0.3 is 12.1 Å². The van der Waals surface area contributed by atoms with Gasteiger partial charge in [0.1, 0.15) is 41.3 Å². The molecular formula is C25H23FN2O6. The maximum Gasteiger partial charge on any atom is 0.415 e. The van der Waals surface area contributed by atoms with Crippen molar-refractivity contribution in [3.05, 3.63) is 83.9 Å². The molecule has 0 spiro atoms. The van der Waals surface area contributed by atoms with Crippen molar-refractivity contribution in [3.63, 3.8) is 0 Å². The van der Waals surface area contributed by atoms with Gasteiger partial charge in [-0.05, 0) is 42.0 Å². The molecule has 8 nitrogen and oxygen atoms in total. The number of hydrogen-bond donors (Lipinski definition) is 1. The number of carboxylic acids is 1. The van der Waals surface area contributed by atoms with E-state index in [0.717, 1.165) is 11.8 Å². The molecule has 0 radical (unpaired) electrons. The third kappa shape index (κ3) is 6.00. The van der Waals surface area contributed by atoms with E-state index >= 15 is 0 Å². The number of hydrogen-bond acceptors (Lipinski definition) is 6. The summed E-state index contributed by atoms with van der Waals surface area (Å²) in [5.41, 5.74) is 0.575. The lowest BCUT2D eigenvalue weighted by Crippen LogP contribution is -2.43. The highest BCUT2D eigenvalue weighted by Gasteiger charge is 2.26. The predicted molar refractivity (Wildman–Crippen MR) is 120 cm³/mol. The number of benzene rings is 2. The maximum absolute atomic E-state index is 13.3. The van der Waals surface area contributed by atoms with Gasteiger partial charge in [-0.1, -0.05) is 12.1 Å². The Labute approximate surface area is 195 Å². The molecule has 1 N–H and O–H groups in total. The minimum absolute atomic E-state index is 0.0365. The standard InChI is InChI=1S/C25H23FN2O6/c26-18-3-1-2-17(14-18)16-32-19-4-6-20(7-5-19)33-21-9-12-28(13-10-21)25(31)34-23-8-11-27-15-22(23)24(29)30/h1-8,11,14-15,21H,9-10,12-13,16H2,(H,29,30). The fraction of sp³-hybridized carbons (Fsp3) is 0.240. The van der Waals surface area contributed by atoms with Crippen molar-refractivity contribution < 1.29 is 33.3 Å². The quantitative estimate of drug-likeness (QED) is 0.546. The molecular weight excluding hydrogens is 443 g/mol. The molecule has 3 aromatic rings. The van der Waals surface area contributed by atoms with Crippen LogP contribution in [0.15, 0.2) is 67.0 Å². The molecule has 1 fully saturated rings. The van der Waals surface area contributed by atoms with Gasteiger partial charge in [0.2, 0.25) is 0 Å². The second kappa shape index (κ2) is 10.7. The monoisotopic (exact) mass is 466 g/mol. The average Bonchev–Trinajstić information content (AvgIpc) is 2.84. The van der Waals surface area contributed by atoms with Crippen LogP contribution in [0.2, 0.25) is 0 Å². The number of pyridine rings is 1. The summed E-state index contributed by atoms with van der Waals surface area (Å²) in [5, 5.41) is 9.19. The Hall–Kier alpha value is -4.14. The SMILES string of the molecule is O=C(O)c1cnccc1OC(=O)N1CCC(Oc2ccc(OCc3cccc(F)c3)cc2)CC1. The first-order chi connectivity index (χ1) is 16.5. The Bertz CT molecular complexity index is 1150. The number of likely N-dealkylation sites (tertiary alicyclic amines) is 1. The summed E-state index contributed by atoms with van der Waals surface area (Å²) >= 11 is 0. The number of carboxylic acid groups (broad SMARTS) is 1. The predicted octanol–water partition coefficient (Wildman–Crippen LogP) is 4.54. The summed E-state index contributed by atoms with van der Waals surface area (Å²) in [7, 11) is 0. The second-order valence-corrected chi connectivity index (χ2v) is 7.74. The van der Waals surface area contributed by atoms with E-state index in [1.54, 1.807) is 36.4 Å². The molecule has 1 aliphatic rings. The molecule has 2 aromatic carbocycles. The third-order valence-electron chi connectivity index (χ3n) is 5.33. The lowest BCUT2D eigenvalue weighted by Gasteiger charge is -2.31.